The lowest BCUT2D eigenvalue weighted by Gasteiger charge is -2.26. The first-order valence-electron chi connectivity index (χ1n) is 7.62. The highest BCUT2D eigenvalue weighted by Gasteiger charge is 2.27. The van der Waals surface area contributed by atoms with Gasteiger partial charge in [0.2, 0.25) is 0 Å². The van der Waals surface area contributed by atoms with Crippen LogP contribution in [0.2, 0.25) is 0 Å². The third-order valence-electron chi connectivity index (χ3n) is 4.42. The molecule has 1 N–H and O–H groups in total. The van der Waals surface area contributed by atoms with Gasteiger partial charge in [-0.1, -0.05) is 6.92 Å². The van der Waals surface area contributed by atoms with Gasteiger partial charge in [-0.2, -0.15) is 0 Å². The van der Waals surface area contributed by atoms with Crippen LogP contribution in [0.5, 0.6) is 0 Å². The molecule has 0 saturated heterocycles. The van der Waals surface area contributed by atoms with Crippen molar-refractivity contribution in [1.82, 2.24) is 19.5 Å². The fraction of sp³-hybridized carbons (Fsp3) is 0.600. The van der Waals surface area contributed by atoms with Crippen molar-refractivity contribution in [2.45, 2.75) is 45.1 Å². The summed E-state index contributed by atoms with van der Waals surface area (Å²) < 4.78 is 1.64. The fourth-order valence-corrected chi connectivity index (χ4v) is 3.17. The molecule has 1 aliphatic carbocycles. The zero-order valence-corrected chi connectivity index (χ0v) is 11.9. The molecule has 0 aromatic carbocycles. The minimum Gasteiger partial charge on any atom is -0.298 e. The van der Waals surface area contributed by atoms with E-state index in [4.69, 9.17) is 4.98 Å². The van der Waals surface area contributed by atoms with Gasteiger partial charge in [0.1, 0.15) is 0 Å². The molecule has 2 aromatic heterocycles. The van der Waals surface area contributed by atoms with E-state index in [0.29, 0.717) is 5.92 Å². The summed E-state index contributed by atoms with van der Waals surface area (Å²) in [6.45, 7) is 5.00. The van der Waals surface area contributed by atoms with Crippen molar-refractivity contribution < 1.29 is 0 Å². The average molecular weight is 272 g/mol. The standard InChI is InChI=1S/C15H20N4O/c1-2-6-18-7-5-12-11(9-18)15(20)19-14(16-12)8-13(17-19)10-3-4-10/h8,10,17H,2-7,9H2,1H3. The van der Waals surface area contributed by atoms with E-state index in [0.717, 1.165) is 49.4 Å². The molecular formula is C15H20N4O. The van der Waals surface area contributed by atoms with Gasteiger partial charge >= 0.3 is 0 Å². The summed E-state index contributed by atoms with van der Waals surface area (Å²) in [6.07, 6.45) is 4.48. The lowest BCUT2D eigenvalue weighted by Crippen LogP contribution is -2.37. The summed E-state index contributed by atoms with van der Waals surface area (Å²) in [5.74, 6) is 0.615. The summed E-state index contributed by atoms with van der Waals surface area (Å²) in [5.41, 5.74) is 3.94. The Morgan fingerprint density at radius 2 is 2.30 bits per heavy atom. The average Bonchev–Trinajstić information content (AvgIpc) is 3.21. The highest BCUT2D eigenvalue weighted by Crippen LogP contribution is 2.39. The van der Waals surface area contributed by atoms with Crippen LogP contribution in [0.1, 0.15) is 49.1 Å². The fourth-order valence-electron chi connectivity index (χ4n) is 3.17. The number of hydrogen-bond donors (Lipinski definition) is 1. The summed E-state index contributed by atoms with van der Waals surface area (Å²) in [4.78, 5) is 19.7. The highest BCUT2D eigenvalue weighted by molar-refractivity contribution is 5.43. The van der Waals surface area contributed by atoms with Crippen LogP contribution < -0.4 is 5.56 Å². The summed E-state index contributed by atoms with van der Waals surface area (Å²) in [6, 6.07) is 2.05. The number of hydrogen-bond acceptors (Lipinski definition) is 3. The normalized spacial score (nSPS) is 19.4. The molecule has 0 unspecified atom stereocenters. The molecule has 0 radical (unpaired) electrons. The smallest absolute Gasteiger partial charge is 0.277 e. The molecule has 0 spiro atoms. The predicted molar refractivity (Wildman–Crippen MR) is 77.1 cm³/mol. The van der Waals surface area contributed by atoms with E-state index in [1.165, 1.54) is 18.5 Å². The molecule has 1 saturated carbocycles. The highest BCUT2D eigenvalue weighted by atomic mass is 16.1. The molecule has 2 aromatic rings. The van der Waals surface area contributed by atoms with Gasteiger partial charge in [0, 0.05) is 37.2 Å². The molecular weight excluding hydrogens is 252 g/mol. The lowest BCUT2D eigenvalue weighted by atomic mass is 10.1. The Hall–Kier alpha value is -1.62. The lowest BCUT2D eigenvalue weighted by molar-refractivity contribution is 0.251. The number of aromatic nitrogens is 3. The van der Waals surface area contributed by atoms with E-state index < -0.39 is 0 Å². The molecule has 3 heterocycles. The second kappa shape index (κ2) is 4.45. The number of nitrogens with one attached hydrogen (secondary N) is 1. The maximum absolute atomic E-state index is 12.6. The third kappa shape index (κ3) is 1.88. The Labute approximate surface area is 117 Å². The summed E-state index contributed by atoms with van der Waals surface area (Å²) >= 11 is 0. The topological polar surface area (TPSA) is 53.4 Å². The summed E-state index contributed by atoms with van der Waals surface area (Å²) in [7, 11) is 0. The monoisotopic (exact) mass is 272 g/mol. The minimum atomic E-state index is 0.0951. The van der Waals surface area contributed by atoms with Crippen molar-refractivity contribution in [1.29, 1.82) is 0 Å². The van der Waals surface area contributed by atoms with Gasteiger partial charge in [-0.15, -0.1) is 0 Å². The first-order chi connectivity index (χ1) is 9.76. The van der Waals surface area contributed by atoms with E-state index in [-0.39, 0.29) is 5.56 Å². The van der Waals surface area contributed by atoms with Gasteiger partial charge in [0.05, 0.1) is 11.3 Å². The van der Waals surface area contributed by atoms with E-state index in [2.05, 4.69) is 23.0 Å². The number of aromatic amines is 1. The SMILES string of the molecule is CCCN1CCc2nc3cc(C4CC4)[nH]n3c(=O)c2C1. The Bertz CT molecular complexity index is 710. The number of rotatable bonds is 3. The van der Waals surface area contributed by atoms with E-state index in [1.54, 1.807) is 4.52 Å². The van der Waals surface area contributed by atoms with Gasteiger partial charge < -0.3 is 0 Å². The quantitative estimate of drug-likeness (QED) is 0.924. The summed E-state index contributed by atoms with van der Waals surface area (Å²) in [5, 5.41) is 3.25. The van der Waals surface area contributed by atoms with E-state index in [1.807, 2.05) is 0 Å². The van der Waals surface area contributed by atoms with Crippen molar-refractivity contribution in [2.75, 3.05) is 13.1 Å². The molecule has 0 bridgehead atoms. The Morgan fingerprint density at radius 1 is 1.45 bits per heavy atom. The van der Waals surface area contributed by atoms with Crippen molar-refractivity contribution in [3.63, 3.8) is 0 Å². The van der Waals surface area contributed by atoms with Gasteiger partial charge in [-0.3, -0.25) is 14.8 Å². The van der Waals surface area contributed by atoms with Crippen LogP contribution in [-0.4, -0.2) is 32.6 Å². The van der Waals surface area contributed by atoms with Crippen LogP contribution in [0, 0.1) is 0 Å². The van der Waals surface area contributed by atoms with Gasteiger partial charge in [-0.05, 0) is 25.8 Å². The van der Waals surface area contributed by atoms with Crippen LogP contribution in [0.25, 0.3) is 5.65 Å². The van der Waals surface area contributed by atoms with Gasteiger partial charge in [0.25, 0.3) is 5.56 Å². The second-order valence-electron chi connectivity index (χ2n) is 6.05. The Balaban J connectivity index is 1.80. The van der Waals surface area contributed by atoms with Crippen molar-refractivity contribution >= 4 is 5.65 Å². The molecule has 4 rings (SSSR count). The maximum atomic E-state index is 12.6. The Morgan fingerprint density at radius 3 is 3.05 bits per heavy atom. The third-order valence-corrected chi connectivity index (χ3v) is 4.42. The molecule has 106 valence electrons. The molecule has 0 atom stereocenters. The molecule has 0 amide bonds. The van der Waals surface area contributed by atoms with Crippen LogP contribution in [0.3, 0.4) is 0 Å². The number of nitrogens with zero attached hydrogens (tertiary/aromatic N) is 3. The molecule has 2 aliphatic rings. The Kier molecular flexibility index (Phi) is 2.70. The van der Waals surface area contributed by atoms with Crippen LogP contribution in [0.4, 0.5) is 0 Å². The van der Waals surface area contributed by atoms with Crippen LogP contribution in [-0.2, 0) is 13.0 Å². The van der Waals surface area contributed by atoms with Crippen molar-refractivity contribution in [3.05, 3.63) is 33.4 Å². The molecule has 1 fully saturated rings. The molecule has 20 heavy (non-hydrogen) atoms. The van der Waals surface area contributed by atoms with Crippen LogP contribution in [0.15, 0.2) is 10.9 Å². The zero-order valence-electron chi connectivity index (χ0n) is 11.9. The first kappa shape index (κ1) is 12.1. The predicted octanol–water partition coefficient (Wildman–Crippen LogP) is 1.67. The second-order valence-corrected chi connectivity index (χ2v) is 6.05. The van der Waals surface area contributed by atoms with E-state index >= 15 is 0 Å². The molecule has 1 aliphatic heterocycles. The van der Waals surface area contributed by atoms with Crippen molar-refractivity contribution in [2.24, 2.45) is 0 Å². The maximum Gasteiger partial charge on any atom is 0.277 e. The molecule has 5 nitrogen and oxygen atoms in total. The van der Waals surface area contributed by atoms with E-state index in [9.17, 15) is 4.79 Å². The largest absolute Gasteiger partial charge is 0.298 e. The number of fused-ring (bicyclic) bond motifs is 2. The number of H-pyrrole nitrogens is 1. The zero-order chi connectivity index (χ0) is 13.7. The van der Waals surface area contributed by atoms with Crippen molar-refractivity contribution in [3.8, 4) is 0 Å². The van der Waals surface area contributed by atoms with Gasteiger partial charge in [0.15, 0.2) is 5.65 Å². The van der Waals surface area contributed by atoms with Gasteiger partial charge in [-0.25, -0.2) is 9.50 Å². The minimum absolute atomic E-state index is 0.0951. The first-order valence-corrected chi connectivity index (χ1v) is 7.62. The molecule has 5 heteroatoms. The van der Waals surface area contributed by atoms with Crippen LogP contribution >= 0.6 is 0 Å².